The predicted octanol–water partition coefficient (Wildman–Crippen LogP) is 2.82. The second-order valence-electron chi connectivity index (χ2n) is 5.44. The Morgan fingerprint density at radius 1 is 1.17 bits per heavy atom. The summed E-state index contributed by atoms with van der Waals surface area (Å²) in [6.07, 6.45) is 3.88. The van der Waals surface area contributed by atoms with Crippen molar-refractivity contribution in [2.75, 3.05) is 20.7 Å². The number of phenols is 2. The Morgan fingerprint density at radius 2 is 1.88 bits per heavy atom. The molecule has 0 atom stereocenters. The Labute approximate surface area is 141 Å². The Hall–Kier alpha value is -2.95. The monoisotopic (exact) mass is 327 g/mol. The number of rotatable bonds is 6. The summed E-state index contributed by atoms with van der Waals surface area (Å²) in [5.41, 5.74) is 1.82. The van der Waals surface area contributed by atoms with Crippen molar-refractivity contribution >= 4 is 12.0 Å². The molecule has 0 aliphatic heterocycles. The third-order valence-corrected chi connectivity index (χ3v) is 3.67. The number of nitrogens with zero attached hydrogens (tertiary/aromatic N) is 1. The first-order valence-electron chi connectivity index (χ1n) is 7.57. The van der Waals surface area contributed by atoms with Crippen LogP contribution in [0.25, 0.3) is 6.08 Å². The van der Waals surface area contributed by atoms with Crippen molar-refractivity contribution in [3.05, 3.63) is 59.7 Å². The van der Waals surface area contributed by atoms with Crippen LogP contribution >= 0.6 is 0 Å². The zero-order chi connectivity index (χ0) is 17.5. The van der Waals surface area contributed by atoms with E-state index in [1.807, 2.05) is 12.1 Å². The first-order valence-corrected chi connectivity index (χ1v) is 7.57. The number of amides is 1. The molecule has 0 saturated heterocycles. The fourth-order valence-electron chi connectivity index (χ4n) is 2.16. The number of carbonyl (C=O) groups excluding carboxylic acids is 1. The van der Waals surface area contributed by atoms with E-state index in [1.54, 1.807) is 42.3 Å². The van der Waals surface area contributed by atoms with Crippen molar-refractivity contribution < 1.29 is 19.7 Å². The van der Waals surface area contributed by atoms with E-state index in [9.17, 15) is 15.0 Å². The lowest BCUT2D eigenvalue weighted by Crippen LogP contribution is -2.27. The highest BCUT2D eigenvalue weighted by molar-refractivity contribution is 5.91. The largest absolute Gasteiger partial charge is 0.508 e. The molecule has 0 aliphatic carbocycles. The lowest BCUT2D eigenvalue weighted by atomic mass is 10.1. The van der Waals surface area contributed by atoms with Gasteiger partial charge in [-0.05, 0) is 47.9 Å². The SMILES string of the molecule is COc1cc(/C=C/C(=O)N(C)CCc2ccc(O)cc2)ccc1O. The maximum atomic E-state index is 12.1. The standard InChI is InChI=1S/C19H21NO4/c1-20(12-11-14-3-7-16(21)8-4-14)19(23)10-6-15-5-9-17(22)18(13-15)24-2/h3-10,13,21-22H,11-12H2,1-2H3/b10-6+. The molecule has 0 unspecified atom stereocenters. The van der Waals surface area contributed by atoms with E-state index in [0.29, 0.717) is 18.7 Å². The highest BCUT2D eigenvalue weighted by atomic mass is 16.5. The Kier molecular flexibility index (Phi) is 5.84. The van der Waals surface area contributed by atoms with Crippen molar-refractivity contribution in [2.24, 2.45) is 0 Å². The Morgan fingerprint density at radius 3 is 2.54 bits per heavy atom. The van der Waals surface area contributed by atoms with E-state index in [-0.39, 0.29) is 17.4 Å². The number of hydrogen-bond acceptors (Lipinski definition) is 4. The number of phenolic OH excluding ortho intramolecular Hbond substituents is 2. The van der Waals surface area contributed by atoms with Gasteiger partial charge in [0.25, 0.3) is 0 Å². The van der Waals surface area contributed by atoms with Crippen LogP contribution in [0.5, 0.6) is 17.2 Å². The van der Waals surface area contributed by atoms with Crippen molar-refractivity contribution in [3.63, 3.8) is 0 Å². The van der Waals surface area contributed by atoms with Crippen LogP contribution in [0.15, 0.2) is 48.5 Å². The molecule has 1 amide bonds. The molecule has 0 fully saturated rings. The van der Waals surface area contributed by atoms with Crippen molar-refractivity contribution in [1.82, 2.24) is 4.90 Å². The fraction of sp³-hybridized carbons (Fsp3) is 0.211. The number of carbonyl (C=O) groups is 1. The normalized spacial score (nSPS) is 10.8. The van der Waals surface area contributed by atoms with E-state index < -0.39 is 0 Å². The van der Waals surface area contributed by atoms with Crippen molar-refractivity contribution in [1.29, 1.82) is 0 Å². The van der Waals surface area contributed by atoms with Gasteiger partial charge in [-0.2, -0.15) is 0 Å². The van der Waals surface area contributed by atoms with Crippen LogP contribution in [-0.2, 0) is 11.2 Å². The van der Waals surface area contributed by atoms with Gasteiger partial charge in [-0.15, -0.1) is 0 Å². The summed E-state index contributed by atoms with van der Waals surface area (Å²) in [5, 5.41) is 18.8. The van der Waals surface area contributed by atoms with Crippen LogP contribution in [-0.4, -0.2) is 41.7 Å². The molecule has 24 heavy (non-hydrogen) atoms. The van der Waals surface area contributed by atoms with Crippen LogP contribution in [0, 0.1) is 0 Å². The summed E-state index contributed by atoms with van der Waals surface area (Å²) in [6, 6.07) is 11.8. The van der Waals surface area contributed by atoms with E-state index in [4.69, 9.17) is 4.74 Å². The molecule has 0 bridgehead atoms. The zero-order valence-electron chi connectivity index (χ0n) is 13.8. The number of hydrogen-bond donors (Lipinski definition) is 2. The topological polar surface area (TPSA) is 70.0 Å². The van der Waals surface area contributed by atoms with E-state index >= 15 is 0 Å². The number of methoxy groups -OCH3 is 1. The summed E-state index contributed by atoms with van der Waals surface area (Å²) >= 11 is 0. The van der Waals surface area contributed by atoms with Crippen LogP contribution in [0.2, 0.25) is 0 Å². The number of benzene rings is 2. The lowest BCUT2D eigenvalue weighted by Gasteiger charge is -2.15. The minimum atomic E-state index is -0.110. The molecule has 0 aliphatic rings. The molecular formula is C19H21NO4. The summed E-state index contributed by atoms with van der Waals surface area (Å²) in [5.74, 6) is 0.550. The van der Waals surface area contributed by atoms with Gasteiger partial charge in [-0.25, -0.2) is 0 Å². The minimum Gasteiger partial charge on any atom is -0.508 e. The van der Waals surface area contributed by atoms with Gasteiger partial charge in [0.05, 0.1) is 7.11 Å². The number of likely N-dealkylation sites (N-methyl/N-ethyl adjacent to an activating group) is 1. The van der Waals surface area contributed by atoms with Gasteiger partial charge in [0, 0.05) is 19.7 Å². The van der Waals surface area contributed by atoms with Crippen LogP contribution in [0.4, 0.5) is 0 Å². The molecule has 2 N–H and O–H groups in total. The fourth-order valence-corrected chi connectivity index (χ4v) is 2.16. The average molecular weight is 327 g/mol. The molecule has 0 saturated carbocycles. The maximum absolute atomic E-state index is 12.1. The second-order valence-corrected chi connectivity index (χ2v) is 5.44. The van der Waals surface area contributed by atoms with Gasteiger partial charge in [-0.3, -0.25) is 4.79 Å². The van der Waals surface area contributed by atoms with Gasteiger partial charge >= 0.3 is 0 Å². The first-order chi connectivity index (χ1) is 11.5. The second kappa shape index (κ2) is 8.06. The molecular weight excluding hydrogens is 306 g/mol. The molecule has 5 heteroatoms. The molecule has 2 aromatic rings. The third kappa shape index (κ3) is 4.78. The molecule has 0 radical (unpaired) electrons. The molecule has 0 heterocycles. The summed E-state index contributed by atoms with van der Waals surface area (Å²) in [7, 11) is 3.22. The van der Waals surface area contributed by atoms with Crippen LogP contribution < -0.4 is 4.74 Å². The van der Waals surface area contributed by atoms with Gasteiger partial charge < -0.3 is 19.8 Å². The summed E-state index contributed by atoms with van der Waals surface area (Å²) in [4.78, 5) is 13.8. The predicted molar refractivity (Wildman–Crippen MR) is 93.1 cm³/mol. The van der Waals surface area contributed by atoms with E-state index in [1.165, 1.54) is 19.3 Å². The summed E-state index contributed by atoms with van der Waals surface area (Å²) in [6.45, 7) is 0.576. The smallest absolute Gasteiger partial charge is 0.246 e. The zero-order valence-corrected chi connectivity index (χ0v) is 13.8. The van der Waals surface area contributed by atoms with Gasteiger partial charge in [-0.1, -0.05) is 18.2 Å². The molecule has 0 spiro atoms. The Bertz CT molecular complexity index is 723. The van der Waals surface area contributed by atoms with Gasteiger partial charge in [0.2, 0.25) is 5.91 Å². The third-order valence-electron chi connectivity index (χ3n) is 3.67. The molecule has 126 valence electrons. The quantitative estimate of drug-likeness (QED) is 0.801. The minimum absolute atomic E-state index is 0.0620. The molecule has 0 aromatic heterocycles. The summed E-state index contributed by atoms with van der Waals surface area (Å²) < 4.78 is 5.04. The van der Waals surface area contributed by atoms with Gasteiger partial charge in [0.1, 0.15) is 5.75 Å². The number of ether oxygens (including phenoxy) is 1. The van der Waals surface area contributed by atoms with Crippen LogP contribution in [0.1, 0.15) is 11.1 Å². The average Bonchev–Trinajstić information content (AvgIpc) is 2.60. The van der Waals surface area contributed by atoms with Crippen molar-refractivity contribution in [2.45, 2.75) is 6.42 Å². The molecule has 2 rings (SSSR count). The van der Waals surface area contributed by atoms with E-state index in [0.717, 1.165) is 11.1 Å². The molecule has 2 aromatic carbocycles. The maximum Gasteiger partial charge on any atom is 0.246 e. The van der Waals surface area contributed by atoms with E-state index in [2.05, 4.69) is 0 Å². The highest BCUT2D eigenvalue weighted by Crippen LogP contribution is 2.26. The molecule has 5 nitrogen and oxygen atoms in total. The Balaban J connectivity index is 1.92. The first kappa shape index (κ1) is 17.4. The highest BCUT2D eigenvalue weighted by Gasteiger charge is 2.06. The van der Waals surface area contributed by atoms with Gasteiger partial charge in [0.15, 0.2) is 11.5 Å². The van der Waals surface area contributed by atoms with Crippen molar-refractivity contribution in [3.8, 4) is 17.2 Å². The number of aromatic hydroxyl groups is 2. The lowest BCUT2D eigenvalue weighted by molar-refractivity contribution is -0.124. The van der Waals surface area contributed by atoms with Crippen LogP contribution in [0.3, 0.4) is 0 Å².